The molecule has 0 saturated heterocycles. The van der Waals surface area contributed by atoms with Gasteiger partial charge in [0.1, 0.15) is 0 Å². The monoisotopic (exact) mass is 214 g/mol. The van der Waals surface area contributed by atoms with Crippen LogP contribution in [0.4, 0.5) is 0 Å². The average Bonchev–Trinajstić information content (AvgIpc) is 2.28. The molecule has 0 aliphatic heterocycles. The van der Waals surface area contributed by atoms with Crippen LogP contribution in [0, 0.1) is 5.41 Å². The Morgan fingerprint density at radius 3 is 2.08 bits per heavy atom. The molecule has 0 radical (unpaired) electrons. The quantitative estimate of drug-likeness (QED) is 0.452. The Morgan fingerprint density at radius 2 is 1.85 bits per heavy atom. The van der Waals surface area contributed by atoms with Gasteiger partial charge in [0.15, 0.2) is 7.38 Å². The maximum Gasteiger partial charge on any atom is 0.177 e. The second-order valence-electron chi connectivity index (χ2n) is 5.26. The zero-order valence-electron chi connectivity index (χ0n) is 9.24. The van der Waals surface area contributed by atoms with E-state index in [0.717, 1.165) is 6.42 Å². The molecule has 0 aromatic heterocycles. The fourth-order valence-corrected chi connectivity index (χ4v) is 2.94. The molecular weight excluding hydrogens is 196 g/mol. The summed E-state index contributed by atoms with van der Waals surface area (Å²) in [6, 6.07) is 0. The van der Waals surface area contributed by atoms with Crippen LogP contribution in [0.25, 0.3) is 0 Å². The van der Waals surface area contributed by atoms with Gasteiger partial charge in [0.2, 0.25) is 0 Å². The molecular formula is C11H19ClSi. The van der Waals surface area contributed by atoms with Crippen LogP contribution < -0.4 is 0 Å². The minimum Gasteiger partial charge on any atom is -0.162 e. The second-order valence-corrected chi connectivity index (χ2v) is 11.7. The maximum absolute atomic E-state index is 6.39. The molecule has 74 valence electrons. The smallest absolute Gasteiger partial charge is 0.162 e. The molecule has 1 aliphatic rings. The molecule has 0 heterocycles. The second kappa shape index (κ2) is 3.29. The molecule has 1 rings (SSSR count). The molecule has 0 N–H and O–H groups in total. The van der Waals surface area contributed by atoms with Crippen molar-refractivity contribution in [2.24, 2.45) is 5.41 Å². The van der Waals surface area contributed by atoms with E-state index in [-0.39, 0.29) is 5.41 Å². The van der Waals surface area contributed by atoms with Gasteiger partial charge in [0.25, 0.3) is 0 Å². The predicted molar refractivity (Wildman–Crippen MR) is 63.6 cm³/mol. The molecule has 0 fully saturated rings. The molecule has 13 heavy (non-hydrogen) atoms. The number of allylic oxidation sites excluding steroid dienone is 4. The Morgan fingerprint density at radius 1 is 1.31 bits per heavy atom. The van der Waals surface area contributed by atoms with Crippen molar-refractivity contribution in [1.29, 1.82) is 0 Å². The van der Waals surface area contributed by atoms with Crippen LogP contribution in [0.1, 0.15) is 27.2 Å². The lowest BCUT2D eigenvalue weighted by atomic mass is 9.87. The minimum atomic E-state index is -1.56. The van der Waals surface area contributed by atoms with Gasteiger partial charge in [0.05, 0.1) is 0 Å². The van der Waals surface area contributed by atoms with Gasteiger partial charge in [-0.3, -0.25) is 0 Å². The highest BCUT2D eigenvalue weighted by atomic mass is 35.6. The summed E-state index contributed by atoms with van der Waals surface area (Å²) in [6.07, 6.45) is 5.72. The minimum absolute atomic E-state index is 0.276. The SMILES string of the molecule is CC(C)(C)C1=CCC([Si](C)(C)Cl)=C1. The molecule has 0 saturated carbocycles. The van der Waals surface area contributed by atoms with Crippen molar-refractivity contribution in [3.63, 3.8) is 0 Å². The third-order valence-corrected chi connectivity index (χ3v) is 5.11. The fourth-order valence-electron chi connectivity index (χ4n) is 1.46. The highest BCUT2D eigenvalue weighted by molar-refractivity contribution is 7.23. The van der Waals surface area contributed by atoms with Crippen molar-refractivity contribution in [1.82, 2.24) is 0 Å². The van der Waals surface area contributed by atoms with Crippen LogP contribution in [0.2, 0.25) is 13.1 Å². The standard InChI is InChI=1S/C11H19ClSi/c1-11(2,3)9-6-7-10(8-9)13(4,5)12/h6,8H,7H2,1-5H3. The van der Waals surface area contributed by atoms with Gasteiger partial charge in [0, 0.05) is 0 Å². The zero-order valence-corrected chi connectivity index (χ0v) is 11.0. The van der Waals surface area contributed by atoms with Gasteiger partial charge in [-0.05, 0) is 17.4 Å². The largest absolute Gasteiger partial charge is 0.177 e. The van der Waals surface area contributed by atoms with E-state index in [1.807, 2.05) is 0 Å². The Kier molecular flexibility index (Phi) is 2.80. The van der Waals surface area contributed by atoms with E-state index in [2.05, 4.69) is 46.0 Å². The predicted octanol–water partition coefficient (Wildman–Crippen LogP) is 4.27. The van der Waals surface area contributed by atoms with E-state index in [9.17, 15) is 0 Å². The molecule has 0 amide bonds. The first-order valence-corrected chi connectivity index (χ1v) is 8.83. The third kappa shape index (κ3) is 2.71. The number of hydrogen-bond acceptors (Lipinski definition) is 0. The Balaban J connectivity index is 2.84. The van der Waals surface area contributed by atoms with E-state index >= 15 is 0 Å². The molecule has 0 unspecified atom stereocenters. The summed E-state index contributed by atoms with van der Waals surface area (Å²) in [5.74, 6) is 0. The maximum atomic E-state index is 6.39. The van der Waals surface area contributed by atoms with Gasteiger partial charge < -0.3 is 0 Å². The van der Waals surface area contributed by atoms with Crippen molar-refractivity contribution in [2.45, 2.75) is 40.3 Å². The van der Waals surface area contributed by atoms with Crippen molar-refractivity contribution in [3.05, 3.63) is 22.9 Å². The summed E-state index contributed by atoms with van der Waals surface area (Å²) in [5.41, 5.74) is 1.72. The Hall–Kier alpha value is -0.0131. The topological polar surface area (TPSA) is 0 Å². The van der Waals surface area contributed by atoms with Crippen LogP contribution >= 0.6 is 11.1 Å². The van der Waals surface area contributed by atoms with E-state index in [0.29, 0.717) is 0 Å². The Bertz CT molecular complexity index is 261. The lowest BCUT2D eigenvalue weighted by Gasteiger charge is -2.19. The third-order valence-electron chi connectivity index (χ3n) is 2.50. The number of rotatable bonds is 1. The van der Waals surface area contributed by atoms with Gasteiger partial charge >= 0.3 is 0 Å². The van der Waals surface area contributed by atoms with Crippen LogP contribution in [0.15, 0.2) is 22.9 Å². The van der Waals surface area contributed by atoms with Crippen LogP contribution in [0.5, 0.6) is 0 Å². The van der Waals surface area contributed by atoms with E-state index in [1.54, 1.807) is 0 Å². The summed E-state index contributed by atoms with van der Waals surface area (Å²) >= 11 is 6.39. The van der Waals surface area contributed by atoms with Gasteiger partial charge in [-0.2, -0.15) is 11.1 Å². The summed E-state index contributed by atoms with van der Waals surface area (Å²) < 4.78 is 0. The van der Waals surface area contributed by atoms with Crippen molar-refractivity contribution < 1.29 is 0 Å². The Labute approximate surface area is 87.4 Å². The first-order valence-electron chi connectivity index (χ1n) is 4.82. The van der Waals surface area contributed by atoms with Crippen LogP contribution in [-0.4, -0.2) is 7.38 Å². The zero-order chi connectivity index (χ0) is 10.3. The normalized spacial score (nSPS) is 18.6. The molecule has 0 spiro atoms. The lowest BCUT2D eigenvalue weighted by molar-refractivity contribution is 0.518. The molecule has 2 heteroatoms. The highest BCUT2D eigenvalue weighted by Crippen LogP contribution is 2.36. The molecule has 0 atom stereocenters. The van der Waals surface area contributed by atoms with Gasteiger partial charge in [-0.1, -0.05) is 51.2 Å². The highest BCUT2D eigenvalue weighted by Gasteiger charge is 2.28. The number of halogens is 1. The summed E-state index contributed by atoms with van der Waals surface area (Å²) in [5, 5.41) is 1.47. The molecule has 0 bridgehead atoms. The summed E-state index contributed by atoms with van der Waals surface area (Å²) in [6.45, 7) is 11.1. The average molecular weight is 215 g/mol. The first kappa shape index (κ1) is 11.1. The molecule has 0 nitrogen and oxygen atoms in total. The first-order chi connectivity index (χ1) is 5.71. The fraction of sp³-hybridized carbons (Fsp3) is 0.636. The van der Waals surface area contributed by atoms with Crippen molar-refractivity contribution in [2.75, 3.05) is 0 Å². The van der Waals surface area contributed by atoms with E-state index < -0.39 is 7.38 Å². The van der Waals surface area contributed by atoms with E-state index in [4.69, 9.17) is 11.1 Å². The lowest BCUT2D eigenvalue weighted by Crippen LogP contribution is -2.19. The molecule has 0 aromatic rings. The molecule has 1 aliphatic carbocycles. The van der Waals surface area contributed by atoms with Gasteiger partial charge in [-0.15, -0.1) is 0 Å². The summed E-state index contributed by atoms with van der Waals surface area (Å²) in [4.78, 5) is 0. The van der Waals surface area contributed by atoms with Crippen LogP contribution in [-0.2, 0) is 0 Å². The van der Waals surface area contributed by atoms with Crippen LogP contribution in [0.3, 0.4) is 0 Å². The number of hydrogen-bond donors (Lipinski definition) is 0. The van der Waals surface area contributed by atoms with E-state index in [1.165, 1.54) is 10.8 Å². The summed E-state index contributed by atoms with van der Waals surface area (Å²) in [7, 11) is -1.56. The molecule has 0 aromatic carbocycles. The van der Waals surface area contributed by atoms with Gasteiger partial charge in [-0.25, -0.2) is 0 Å². The van der Waals surface area contributed by atoms with Crippen molar-refractivity contribution >= 4 is 18.5 Å². The van der Waals surface area contributed by atoms with Crippen molar-refractivity contribution in [3.8, 4) is 0 Å².